The first-order valence-corrected chi connectivity index (χ1v) is 4.46. The zero-order chi connectivity index (χ0) is 11.7. The van der Waals surface area contributed by atoms with Gasteiger partial charge in [0.25, 0.3) is 5.56 Å². The largest absolute Gasteiger partial charge is 0.480 e. The Morgan fingerprint density at radius 1 is 1.44 bits per heavy atom. The lowest BCUT2D eigenvalue weighted by molar-refractivity contribution is -0.137. The molecule has 2 rings (SSSR count). The molecule has 0 bridgehead atoms. The Hall–Kier alpha value is -2.24. The Kier molecular flexibility index (Phi) is 2.40. The number of aromatic nitrogens is 2. The van der Waals surface area contributed by atoms with Crippen LogP contribution in [0.1, 0.15) is 0 Å². The molecule has 1 N–H and O–H groups in total. The summed E-state index contributed by atoms with van der Waals surface area (Å²) in [6, 6.07) is 4.04. The van der Waals surface area contributed by atoms with Gasteiger partial charge in [0.15, 0.2) is 0 Å². The molecule has 82 valence electrons. The highest BCUT2D eigenvalue weighted by Crippen LogP contribution is 2.11. The maximum Gasteiger partial charge on any atom is 0.325 e. The molecular weight excluding hydrogens is 215 g/mol. The van der Waals surface area contributed by atoms with Crippen molar-refractivity contribution < 1.29 is 14.3 Å². The summed E-state index contributed by atoms with van der Waals surface area (Å²) >= 11 is 0. The van der Waals surface area contributed by atoms with Crippen LogP contribution in [0.25, 0.3) is 10.8 Å². The van der Waals surface area contributed by atoms with Crippen molar-refractivity contribution in [3.63, 3.8) is 0 Å². The van der Waals surface area contributed by atoms with Gasteiger partial charge < -0.3 is 5.11 Å². The fourth-order valence-electron chi connectivity index (χ4n) is 1.41. The SMILES string of the molecule is O=C(O)Cn1ncc2c(F)cccc2c1=O. The Balaban J connectivity index is 2.71. The van der Waals surface area contributed by atoms with E-state index in [0.717, 1.165) is 10.9 Å². The number of nitrogens with zero attached hydrogens (tertiary/aromatic N) is 2. The Labute approximate surface area is 88.7 Å². The molecule has 0 fully saturated rings. The molecule has 2 aromatic rings. The minimum Gasteiger partial charge on any atom is -0.480 e. The topological polar surface area (TPSA) is 72.2 Å². The fraction of sp³-hybridized carbons (Fsp3) is 0.100. The summed E-state index contributed by atoms with van der Waals surface area (Å²) in [7, 11) is 0. The van der Waals surface area contributed by atoms with Crippen LogP contribution in [-0.4, -0.2) is 20.9 Å². The zero-order valence-corrected chi connectivity index (χ0v) is 8.05. The van der Waals surface area contributed by atoms with Crippen LogP contribution in [0.3, 0.4) is 0 Å². The van der Waals surface area contributed by atoms with E-state index in [-0.39, 0.29) is 10.8 Å². The molecule has 1 aromatic heterocycles. The molecular formula is C10H7FN2O3. The van der Waals surface area contributed by atoms with Crippen LogP contribution in [-0.2, 0) is 11.3 Å². The van der Waals surface area contributed by atoms with Crippen LogP contribution < -0.4 is 5.56 Å². The van der Waals surface area contributed by atoms with Gasteiger partial charge in [0.2, 0.25) is 0 Å². The van der Waals surface area contributed by atoms with Crippen molar-refractivity contribution >= 4 is 16.7 Å². The molecule has 0 radical (unpaired) electrons. The number of aliphatic carboxylic acids is 1. The summed E-state index contributed by atoms with van der Waals surface area (Å²) in [6.07, 6.45) is 1.15. The third kappa shape index (κ3) is 1.65. The normalized spacial score (nSPS) is 10.6. The van der Waals surface area contributed by atoms with Gasteiger partial charge in [-0.05, 0) is 12.1 Å². The van der Waals surface area contributed by atoms with E-state index in [1.165, 1.54) is 18.2 Å². The van der Waals surface area contributed by atoms with Crippen LogP contribution >= 0.6 is 0 Å². The average Bonchev–Trinajstić information content (AvgIpc) is 2.23. The number of carbonyl (C=O) groups is 1. The lowest BCUT2D eigenvalue weighted by Crippen LogP contribution is -2.26. The molecule has 0 saturated carbocycles. The number of carboxylic acid groups (broad SMARTS) is 1. The molecule has 0 aliphatic rings. The molecule has 6 heteroatoms. The van der Waals surface area contributed by atoms with Gasteiger partial charge in [0.05, 0.1) is 11.6 Å². The van der Waals surface area contributed by atoms with Gasteiger partial charge in [0, 0.05) is 5.39 Å². The first kappa shape index (κ1) is 10.3. The number of halogens is 1. The molecule has 16 heavy (non-hydrogen) atoms. The third-order valence-electron chi connectivity index (χ3n) is 2.13. The van der Waals surface area contributed by atoms with E-state index in [0.29, 0.717) is 0 Å². The summed E-state index contributed by atoms with van der Waals surface area (Å²) in [5, 5.41) is 12.3. The fourth-order valence-corrected chi connectivity index (χ4v) is 1.41. The average molecular weight is 222 g/mol. The highest BCUT2D eigenvalue weighted by atomic mass is 19.1. The Bertz CT molecular complexity index is 621. The summed E-state index contributed by atoms with van der Waals surface area (Å²) in [6.45, 7) is -0.536. The van der Waals surface area contributed by atoms with Crippen molar-refractivity contribution in [2.45, 2.75) is 6.54 Å². The number of fused-ring (bicyclic) bond motifs is 1. The molecule has 0 atom stereocenters. The van der Waals surface area contributed by atoms with Gasteiger partial charge in [-0.15, -0.1) is 0 Å². The zero-order valence-electron chi connectivity index (χ0n) is 8.05. The van der Waals surface area contributed by atoms with E-state index in [4.69, 9.17) is 5.11 Å². The van der Waals surface area contributed by atoms with Crippen molar-refractivity contribution in [3.8, 4) is 0 Å². The van der Waals surface area contributed by atoms with Gasteiger partial charge in [-0.3, -0.25) is 9.59 Å². The maximum absolute atomic E-state index is 13.3. The van der Waals surface area contributed by atoms with Gasteiger partial charge in [0.1, 0.15) is 12.4 Å². The van der Waals surface area contributed by atoms with Gasteiger partial charge in [-0.1, -0.05) is 6.07 Å². The number of benzene rings is 1. The summed E-state index contributed by atoms with van der Waals surface area (Å²) < 4.78 is 14.0. The van der Waals surface area contributed by atoms with Gasteiger partial charge >= 0.3 is 5.97 Å². The number of hydrogen-bond donors (Lipinski definition) is 1. The number of hydrogen-bond acceptors (Lipinski definition) is 3. The second-order valence-electron chi connectivity index (χ2n) is 3.20. The van der Waals surface area contributed by atoms with Crippen molar-refractivity contribution in [1.82, 2.24) is 9.78 Å². The van der Waals surface area contributed by atoms with Crippen molar-refractivity contribution in [1.29, 1.82) is 0 Å². The first-order valence-electron chi connectivity index (χ1n) is 4.46. The minimum atomic E-state index is -1.18. The van der Waals surface area contributed by atoms with E-state index in [1.54, 1.807) is 0 Å². The Morgan fingerprint density at radius 2 is 2.19 bits per heavy atom. The molecule has 0 amide bonds. The molecule has 0 saturated heterocycles. The van der Waals surface area contributed by atoms with Crippen molar-refractivity contribution in [2.24, 2.45) is 0 Å². The quantitative estimate of drug-likeness (QED) is 0.808. The van der Waals surface area contributed by atoms with Crippen LogP contribution in [0.15, 0.2) is 29.2 Å². The number of carboxylic acids is 1. The van der Waals surface area contributed by atoms with Gasteiger partial charge in [-0.2, -0.15) is 5.10 Å². The molecule has 0 aliphatic carbocycles. The summed E-state index contributed by atoms with van der Waals surface area (Å²) in [5.41, 5.74) is -0.612. The lowest BCUT2D eigenvalue weighted by atomic mass is 10.2. The highest BCUT2D eigenvalue weighted by Gasteiger charge is 2.09. The molecule has 1 aromatic carbocycles. The molecule has 0 spiro atoms. The molecule has 0 aliphatic heterocycles. The van der Waals surface area contributed by atoms with E-state index < -0.39 is 23.9 Å². The summed E-state index contributed by atoms with van der Waals surface area (Å²) in [5.74, 6) is -1.73. The predicted molar refractivity (Wildman–Crippen MR) is 53.6 cm³/mol. The lowest BCUT2D eigenvalue weighted by Gasteiger charge is -2.03. The molecule has 1 heterocycles. The predicted octanol–water partition coefficient (Wildman–Crippen LogP) is 0.620. The standard InChI is InChI=1S/C10H7FN2O3/c11-8-3-1-2-6-7(8)4-12-13(10(6)16)5-9(14)15/h1-4H,5H2,(H,14,15). The van der Waals surface area contributed by atoms with Crippen LogP contribution in [0, 0.1) is 5.82 Å². The van der Waals surface area contributed by atoms with E-state index in [1.807, 2.05) is 0 Å². The second kappa shape index (κ2) is 3.73. The van der Waals surface area contributed by atoms with Crippen molar-refractivity contribution in [2.75, 3.05) is 0 Å². The first-order chi connectivity index (χ1) is 7.59. The van der Waals surface area contributed by atoms with E-state index >= 15 is 0 Å². The molecule has 0 unspecified atom stereocenters. The summed E-state index contributed by atoms with van der Waals surface area (Å²) in [4.78, 5) is 22.1. The van der Waals surface area contributed by atoms with Crippen LogP contribution in [0.5, 0.6) is 0 Å². The number of rotatable bonds is 2. The highest BCUT2D eigenvalue weighted by molar-refractivity contribution is 5.81. The van der Waals surface area contributed by atoms with E-state index in [2.05, 4.69) is 5.10 Å². The van der Waals surface area contributed by atoms with Crippen molar-refractivity contribution in [3.05, 3.63) is 40.6 Å². The maximum atomic E-state index is 13.3. The smallest absolute Gasteiger partial charge is 0.325 e. The van der Waals surface area contributed by atoms with Gasteiger partial charge in [-0.25, -0.2) is 9.07 Å². The molecule has 5 nitrogen and oxygen atoms in total. The third-order valence-corrected chi connectivity index (χ3v) is 2.13. The monoisotopic (exact) mass is 222 g/mol. The van der Waals surface area contributed by atoms with Crippen LogP contribution in [0.4, 0.5) is 4.39 Å². The minimum absolute atomic E-state index is 0.0918. The Morgan fingerprint density at radius 3 is 2.88 bits per heavy atom. The van der Waals surface area contributed by atoms with Crippen LogP contribution in [0.2, 0.25) is 0 Å². The van der Waals surface area contributed by atoms with E-state index in [9.17, 15) is 14.0 Å². The second-order valence-corrected chi connectivity index (χ2v) is 3.20.